The molecule has 0 aromatic heterocycles. The van der Waals surface area contributed by atoms with Gasteiger partial charge in [-0.2, -0.15) is 0 Å². The van der Waals surface area contributed by atoms with Crippen LogP contribution in [0.4, 0.5) is 0 Å². The van der Waals surface area contributed by atoms with E-state index in [1.54, 1.807) is 0 Å². The summed E-state index contributed by atoms with van der Waals surface area (Å²) in [5.41, 5.74) is 8.13. The summed E-state index contributed by atoms with van der Waals surface area (Å²) in [4.78, 5) is 25.4. The van der Waals surface area contributed by atoms with Crippen LogP contribution in [0.25, 0.3) is 10.4 Å². The number of hydrogen-bond donors (Lipinski definition) is 1. The number of esters is 2. The second-order valence-electron chi connectivity index (χ2n) is 4.52. The van der Waals surface area contributed by atoms with E-state index in [2.05, 4.69) is 10.0 Å². The van der Waals surface area contributed by atoms with Gasteiger partial charge in [0.25, 0.3) is 0 Å². The number of rotatable bonds is 6. The molecule has 0 saturated carbocycles. The Morgan fingerprint density at radius 2 is 1.91 bits per heavy atom. The molecule has 0 spiro atoms. The van der Waals surface area contributed by atoms with Crippen LogP contribution in [-0.2, 0) is 23.8 Å². The van der Waals surface area contributed by atoms with Gasteiger partial charge >= 0.3 is 11.9 Å². The van der Waals surface area contributed by atoms with Crippen molar-refractivity contribution in [2.75, 3.05) is 12.4 Å². The molecule has 0 aromatic carbocycles. The summed E-state index contributed by atoms with van der Waals surface area (Å²) in [7, 11) is 0. The van der Waals surface area contributed by atoms with Crippen molar-refractivity contribution in [3.05, 3.63) is 10.4 Å². The Morgan fingerprint density at radius 3 is 2.36 bits per heavy atom. The minimum Gasteiger partial charge on any atom is -0.458 e. The largest absolute Gasteiger partial charge is 0.458 e. The monoisotopic (exact) mass is 333 g/mol. The number of ether oxygens (including phenoxy) is 3. The fraction of sp³-hybridized carbons (Fsp3) is 0.833. The number of aliphatic hydroxyl groups excluding tert-OH is 1. The molecule has 10 heteroatoms. The smallest absolute Gasteiger partial charge is 0.303 e. The van der Waals surface area contributed by atoms with E-state index < -0.39 is 48.3 Å². The summed E-state index contributed by atoms with van der Waals surface area (Å²) < 4.78 is 16.0. The van der Waals surface area contributed by atoms with E-state index >= 15 is 0 Å². The topological polar surface area (TPSA) is 131 Å². The molecule has 1 rings (SSSR count). The van der Waals surface area contributed by atoms with Gasteiger partial charge in [0.05, 0.1) is 6.61 Å². The van der Waals surface area contributed by atoms with Gasteiger partial charge in [0.15, 0.2) is 12.2 Å². The molecule has 1 aliphatic heterocycles. The lowest BCUT2D eigenvalue weighted by atomic mass is 9.98. The Labute approximate surface area is 131 Å². The van der Waals surface area contributed by atoms with E-state index in [4.69, 9.17) is 19.7 Å². The van der Waals surface area contributed by atoms with Gasteiger partial charge in [-0.25, -0.2) is 0 Å². The summed E-state index contributed by atoms with van der Waals surface area (Å²) in [6, 6.07) is -0.869. The third-order valence-electron chi connectivity index (χ3n) is 2.91. The van der Waals surface area contributed by atoms with Crippen LogP contribution in [0.2, 0.25) is 0 Å². The minimum atomic E-state index is -1.05. The Balaban J connectivity index is 3.17. The molecule has 0 amide bonds. The first-order valence-corrected chi connectivity index (χ1v) is 7.76. The van der Waals surface area contributed by atoms with E-state index in [1.165, 1.54) is 25.6 Å². The minimum absolute atomic E-state index is 0.431. The van der Waals surface area contributed by atoms with E-state index in [1.807, 2.05) is 6.92 Å². The summed E-state index contributed by atoms with van der Waals surface area (Å²) >= 11 is 1.34. The number of carbonyl (C=O) groups excluding carboxylic acids is 2. The summed E-state index contributed by atoms with van der Waals surface area (Å²) in [6.45, 7) is 3.84. The highest BCUT2D eigenvalue weighted by Gasteiger charge is 2.49. The Hall–Kier alpha value is -1.48. The van der Waals surface area contributed by atoms with Crippen LogP contribution in [0.3, 0.4) is 0 Å². The molecule has 0 radical (unpaired) electrons. The molecule has 5 atom stereocenters. The maximum Gasteiger partial charge on any atom is 0.303 e. The Bertz CT molecular complexity index is 456. The first-order chi connectivity index (χ1) is 10.4. The normalized spacial score (nSPS) is 31.0. The van der Waals surface area contributed by atoms with Gasteiger partial charge in [-0.3, -0.25) is 9.59 Å². The SMILES string of the molecule is CCS[C@@H]1OC(CO)[C@H](OC(C)=O)[C@H](OC(C)=O)C1N=[N+]=[N-]. The molecule has 1 aliphatic rings. The standard InChI is InChI=1S/C12H19N3O6S/c1-4-22-12-9(14-15-13)11(20-7(3)18)10(19-6(2)17)8(5-16)21-12/h8-12,16H,4-5H2,1-3H3/t8?,9?,10-,11+,12-/m0/s1. The molecule has 1 fully saturated rings. The molecule has 0 bridgehead atoms. The predicted octanol–water partition coefficient (Wildman–Crippen LogP) is 0.999. The predicted molar refractivity (Wildman–Crippen MR) is 77.9 cm³/mol. The van der Waals surface area contributed by atoms with Crippen LogP contribution in [0.1, 0.15) is 20.8 Å². The van der Waals surface area contributed by atoms with Crippen molar-refractivity contribution in [3.63, 3.8) is 0 Å². The zero-order valence-corrected chi connectivity index (χ0v) is 13.4. The molecule has 0 aromatic rings. The van der Waals surface area contributed by atoms with Crippen LogP contribution >= 0.6 is 11.8 Å². The molecule has 1 heterocycles. The average molecular weight is 333 g/mol. The van der Waals surface area contributed by atoms with Crippen molar-refractivity contribution >= 4 is 23.7 Å². The summed E-state index contributed by atoms with van der Waals surface area (Å²) in [5, 5.41) is 13.1. The van der Waals surface area contributed by atoms with Gasteiger partial charge < -0.3 is 19.3 Å². The van der Waals surface area contributed by atoms with Gasteiger partial charge in [-0.15, -0.1) is 11.8 Å². The van der Waals surface area contributed by atoms with E-state index in [0.717, 1.165) is 0 Å². The van der Waals surface area contributed by atoms with E-state index in [-0.39, 0.29) is 0 Å². The molecule has 1 saturated heterocycles. The third-order valence-corrected chi connectivity index (χ3v) is 3.97. The number of azide groups is 1. The fourth-order valence-corrected chi connectivity index (χ4v) is 3.14. The van der Waals surface area contributed by atoms with E-state index in [9.17, 15) is 14.7 Å². The van der Waals surface area contributed by atoms with Crippen molar-refractivity contribution in [2.24, 2.45) is 5.11 Å². The highest BCUT2D eigenvalue weighted by Crippen LogP contribution is 2.33. The quantitative estimate of drug-likeness (QED) is 0.332. The van der Waals surface area contributed by atoms with Gasteiger partial charge in [0.2, 0.25) is 0 Å². The highest BCUT2D eigenvalue weighted by molar-refractivity contribution is 7.99. The zero-order valence-electron chi connectivity index (χ0n) is 12.5. The maximum absolute atomic E-state index is 11.3. The zero-order chi connectivity index (χ0) is 16.7. The number of thioether (sulfide) groups is 1. The molecule has 22 heavy (non-hydrogen) atoms. The second kappa shape index (κ2) is 8.84. The average Bonchev–Trinajstić information content (AvgIpc) is 2.44. The van der Waals surface area contributed by atoms with Crippen LogP contribution in [0.15, 0.2) is 5.11 Å². The first kappa shape index (κ1) is 18.6. The maximum atomic E-state index is 11.3. The van der Waals surface area contributed by atoms with Crippen molar-refractivity contribution in [1.29, 1.82) is 0 Å². The van der Waals surface area contributed by atoms with Gasteiger partial charge in [0.1, 0.15) is 17.6 Å². The van der Waals surface area contributed by atoms with Gasteiger partial charge in [-0.1, -0.05) is 12.0 Å². The van der Waals surface area contributed by atoms with Gasteiger partial charge in [0, 0.05) is 18.8 Å². The second-order valence-corrected chi connectivity index (χ2v) is 5.90. The first-order valence-electron chi connectivity index (χ1n) is 6.71. The lowest BCUT2D eigenvalue weighted by Crippen LogP contribution is -2.59. The van der Waals surface area contributed by atoms with E-state index in [0.29, 0.717) is 5.75 Å². The highest BCUT2D eigenvalue weighted by atomic mass is 32.2. The van der Waals surface area contributed by atoms with Crippen molar-refractivity contribution in [3.8, 4) is 0 Å². The molecule has 0 aliphatic carbocycles. The summed E-state index contributed by atoms with van der Waals surface area (Å²) in [5.74, 6) is -0.574. The van der Waals surface area contributed by atoms with Crippen LogP contribution in [0.5, 0.6) is 0 Å². The molecule has 9 nitrogen and oxygen atoms in total. The molecule has 2 unspecified atom stereocenters. The summed E-state index contributed by atoms with van der Waals surface area (Å²) in [6.07, 6.45) is -2.94. The number of aliphatic hydroxyl groups is 1. The lowest BCUT2D eigenvalue weighted by Gasteiger charge is -2.43. The number of carbonyl (C=O) groups is 2. The molecular weight excluding hydrogens is 314 g/mol. The van der Waals surface area contributed by atoms with Crippen molar-refractivity contribution in [1.82, 2.24) is 0 Å². The molecule has 1 N–H and O–H groups in total. The lowest BCUT2D eigenvalue weighted by molar-refractivity contribution is -0.206. The molecule has 124 valence electrons. The van der Waals surface area contributed by atoms with Crippen LogP contribution in [-0.4, -0.2) is 59.2 Å². The number of nitrogens with zero attached hydrogens (tertiary/aromatic N) is 3. The molecular formula is C12H19N3O6S. The Morgan fingerprint density at radius 1 is 1.32 bits per heavy atom. The Kier molecular flexibility index (Phi) is 7.46. The van der Waals surface area contributed by atoms with Gasteiger partial charge in [-0.05, 0) is 11.3 Å². The van der Waals surface area contributed by atoms with Crippen LogP contribution < -0.4 is 0 Å². The van der Waals surface area contributed by atoms with Crippen molar-refractivity contribution < 1.29 is 28.9 Å². The third kappa shape index (κ3) is 4.77. The van der Waals surface area contributed by atoms with Crippen LogP contribution in [0, 0.1) is 0 Å². The fourth-order valence-electron chi connectivity index (χ4n) is 2.18. The van der Waals surface area contributed by atoms with Crippen molar-refractivity contribution in [2.45, 2.75) is 50.6 Å². The number of hydrogen-bond acceptors (Lipinski definition) is 8.